The minimum atomic E-state index is -0.466. The lowest BCUT2D eigenvalue weighted by Crippen LogP contribution is -2.10. The Balaban J connectivity index is 1.60. The molecule has 0 fully saturated rings. The number of methoxy groups -OCH3 is 1. The Morgan fingerprint density at radius 2 is 1.87 bits per heavy atom. The van der Waals surface area contributed by atoms with Gasteiger partial charge >= 0.3 is 5.97 Å². The minimum absolute atomic E-state index is 0.170. The van der Waals surface area contributed by atoms with E-state index in [1.165, 1.54) is 0 Å². The molecule has 0 aliphatic carbocycles. The van der Waals surface area contributed by atoms with E-state index in [-0.39, 0.29) is 11.5 Å². The van der Waals surface area contributed by atoms with Crippen LogP contribution in [0.4, 0.5) is 0 Å². The highest BCUT2D eigenvalue weighted by molar-refractivity contribution is 9.10. The molecule has 0 saturated carbocycles. The molecule has 0 N–H and O–H groups in total. The number of Topliss-reactive ketones (excluding diaryl/α,β-unsaturated/α-hetero) is 1. The third-order valence-electron chi connectivity index (χ3n) is 4.70. The van der Waals surface area contributed by atoms with Crippen LogP contribution in [-0.4, -0.2) is 18.9 Å². The van der Waals surface area contributed by atoms with Gasteiger partial charge in [-0.2, -0.15) is 0 Å². The zero-order valence-corrected chi connectivity index (χ0v) is 17.9. The molecule has 3 aromatic rings. The fourth-order valence-electron chi connectivity index (χ4n) is 3.15. The van der Waals surface area contributed by atoms with E-state index in [2.05, 4.69) is 15.9 Å². The summed E-state index contributed by atoms with van der Waals surface area (Å²) in [6, 6.07) is 17.4. The van der Waals surface area contributed by atoms with E-state index in [0.29, 0.717) is 33.9 Å². The lowest BCUT2D eigenvalue weighted by Gasteiger charge is -2.07. The van der Waals surface area contributed by atoms with Crippen LogP contribution in [0.5, 0.6) is 17.2 Å². The van der Waals surface area contributed by atoms with Crippen molar-refractivity contribution in [2.24, 2.45) is 0 Å². The van der Waals surface area contributed by atoms with Crippen molar-refractivity contribution in [3.05, 3.63) is 93.1 Å². The van der Waals surface area contributed by atoms with Crippen LogP contribution in [0.3, 0.4) is 0 Å². The SMILES string of the molecule is COc1ccc(Br)cc1C=C1Oc2cc(OC(=O)c3ccccc3C)ccc2C1=O. The van der Waals surface area contributed by atoms with E-state index in [0.717, 1.165) is 10.0 Å². The van der Waals surface area contributed by atoms with Crippen LogP contribution < -0.4 is 14.2 Å². The number of esters is 1. The second kappa shape index (κ2) is 8.16. The summed E-state index contributed by atoms with van der Waals surface area (Å²) in [7, 11) is 1.56. The highest BCUT2D eigenvalue weighted by atomic mass is 79.9. The summed E-state index contributed by atoms with van der Waals surface area (Å²) in [5.74, 6) is 0.719. The standard InChI is InChI=1S/C24H17BrO5/c1-14-5-3-4-6-18(14)24(27)29-17-8-9-19-21(13-17)30-22(23(19)26)12-15-11-16(25)7-10-20(15)28-2/h3-13H,1-2H3. The Kier molecular flexibility index (Phi) is 5.42. The van der Waals surface area contributed by atoms with Crippen LogP contribution in [0.2, 0.25) is 0 Å². The summed E-state index contributed by atoms with van der Waals surface area (Å²) in [5.41, 5.74) is 2.42. The quantitative estimate of drug-likeness (QED) is 0.285. The van der Waals surface area contributed by atoms with Crippen molar-refractivity contribution in [2.45, 2.75) is 6.92 Å². The fraction of sp³-hybridized carbons (Fsp3) is 0.0833. The molecule has 3 aromatic carbocycles. The Hall–Kier alpha value is -3.38. The second-order valence-electron chi connectivity index (χ2n) is 6.69. The van der Waals surface area contributed by atoms with Gasteiger partial charge < -0.3 is 14.2 Å². The Morgan fingerprint density at radius 3 is 2.63 bits per heavy atom. The topological polar surface area (TPSA) is 61.8 Å². The number of ether oxygens (including phenoxy) is 3. The number of halogens is 1. The highest BCUT2D eigenvalue weighted by Gasteiger charge is 2.28. The normalized spacial score (nSPS) is 13.7. The van der Waals surface area contributed by atoms with Gasteiger partial charge in [-0.3, -0.25) is 4.79 Å². The first-order valence-electron chi connectivity index (χ1n) is 9.16. The molecule has 0 unspecified atom stereocenters. The van der Waals surface area contributed by atoms with Crippen molar-refractivity contribution in [1.29, 1.82) is 0 Å². The molecule has 1 aliphatic rings. The maximum atomic E-state index is 12.7. The largest absolute Gasteiger partial charge is 0.496 e. The van der Waals surface area contributed by atoms with Gasteiger partial charge in [-0.15, -0.1) is 0 Å². The molecule has 5 nitrogen and oxygen atoms in total. The van der Waals surface area contributed by atoms with Gasteiger partial charge in [0.2, 0.25) is 5.78 Å². The van der Waals surface area contributed by atoms with Gasteiger partial charge in [0.15, 0.2) is 5.76 Å². The van der Waals surface area contributed by atoms with Crippen LogP contribution in [0.1, 0.15) is 31.8 Å². The fourth-order valence-corrected chi connectivity index (χ4v) is 3.53. The zero-order valence-electron chi connectivity index (χ0n) is 16.3. The van der Waals surface area contributed by atoms with Crippen LogP contribution in [0.25, 0.3) is 6.08 Å². The van der Waals surface area contributed by atoms with Crippen molar-refractivity contribution in [1.82, 2.24) is 0 Å². The van der Waals surface area contributed by atoms with Gasteiger partial charge in [-0.05, 0) is 55.0 Å². The van der Waals surface area contributed by atoms with E-state index < -0.39 is 5.97 Å². The predicted molar refractivity (Wildman–Crippen MR) is 116 cm³/mol. The number of benzene rings is 3. The van der Waals surface area contributed by atoms with E-state index in [1.807, 2.05) is 31.2 Å². The molecule has 0 atom stereocenters. The highest BCUT2D eigenvalue weighted by Crippen LogP contribution is 2.36. The number of rotatable bonds is 4. The minimum Gasteiger partial charge on any atom is -0.496 e. The molecular formula is C24H17BrO5. The average Bonchev–Trinajstić information content (AvgIpc) is 3.03. The number of aryl methyl sites for hydroxylation is 1. The van der Waals surface area contributed by atoms with Crippen molar-refractivity contribution in [3.8, 4) is 17.2 Å². The number of ketones is 1. The number of carbonyl (C=O) groups excluding carboxylic acids is 2. The Labute approximate surface area is 182 Å². The number of fused-ring (bicyclic) bond motifs is 1. The van der Waals surface area contributed by atoms with E-state index in [9.17, 15) is 9.59 Å². The summed E-state index contributed by atoms with van der Waals surface area (Å²) < 4.78 is 17.4. The number of allylic oxidation sites excluding steroid dienone is 1. The summed E-state index contributed by atoms with van der Waals surface area (Å²) >= 11 is 3.42. The van der Waals surface area contributed by atoms with Crippen LogP contribution in [0, 0.1) is 6.92 Å². The molecule has 0 spiro atoms. The first kappa shape index (κ1) is 19.9. The van der Waals surface area contributed by atoms with Crippen molar-refractivity contribution in [2.75, 3.05) is 7.11 Å². The maximum Gasteiger partial charge on any atom is 0.343 e. The average molecular weight is 465 g/mol. The van der Waals surface area contributed by atoms with E-state index in [4.69, 9.17) is 14.2 Å². The smallest absolute Gasteiger partial charge is 0.343 e. The lowest BCUT2D eigenvalue weighted by molar-refractivity contribution is 0.0733. The molecule has 0 saturated heterocycles. The third kappa shape index (κ3) is 3.86. The van der Waals surface area contributed by atoms with Crippen LogP contribution >= 0.6 is 15.9 Å². The van der Waals surface area contributed by atoms with Crippen LogP contribution in [-0.2, 0) is 0 Å². The second-order valence-corrected chi connectivity index (χ2v) is 7.60. The number of hydrogen-bond acceptors (Lipinski definition) is 5. The Bertz CT molecular complexity index is 1200. The van der Waals surface area contributed by atoms with Gasteiger partial charge in [0.05, 0.1) is 18.2 Å². The molecular weight excluding hydrogens is 448 g/mol. The summed E-state index contributed by atoms with van der Waals surface area (Å²) in [6.07, 6.45) is 1.63. The number of hydrogen-bond donors (Lipinski definition) is 0. The maximum absolute atomic E-state index is 12.7. The molecule has 0 radical (unpaired) electrons. The van der Waals surface area contributed by atoms with Crippen molar-refractivity contribution < 1.29 is 23.8 Å². The molecule has 30 heavy (non-hydrogen) atoms. The van der Waals surface area contributed by atoms with Gasteiger partial charge in [-0.25, -0.2) is 4.79 Å². The molecule has 1 heterocycles. The van der Waals surface area contributed by atoms with Gasteiger partial charge in [-0.1, -0.05) is 34.1 Å². The summed E-state index contributed by atoms with van der Waals surface area (Å²) in [6.45, 7) is 1.84. The molecule has 150 valence electrons. The first-order chi connectivity index (χ1) is 14.5. The van der Waals surface area contributed by atoms with Gasteiger partial charge in [0.25, 0.3) is 0 Å². The Morgan fingerprint density at radius 1 is 1.07 bits per heavy atom. The van der Waals surface area contributed by atoms with Gasteiger partial charge in [0.1, 0.15) is 17.2 Å². The summed E-state index contributed by atoms with van der Waals surface area (Å²) in [4.78, 5) is 25.2. The first-order valence-corrected chi connectivity index (χ1v) is 9.95. The van der Waals surface area contributed by atoms with Crippen LogP contribution in [0.15, 0.2) is 70.9 Å². The van der Waals surface area contributed by atoms with Gasteiger partial charge in [0, 0.05) is 16.1 Å². The van der Waals surface area contributed by atoms with Crippen molar-refractivity contribution in [3.63, 3.8) is 0 Å². The monoisotopic (exact) mass is 464 g/mol. The molecule has 1 aliphatic heterocycles. The van der Waals surface area contributed by atoms with E-state index >= 15 is 0 Å². The lowest BCUT2D eigenvalue weighted by atomic mass is 10.1. The summed E-state index contributed by atoms with van der Waals surface area (Å²) in [5, 5.41) is 0. The van der Waals surface area contributed by atoms with Crippen molar-refractivity contribution >= 4 is 33.8 Å². The predicted octanol–water partition coefficient (Wildman–Crippen LogP) is 5.60. The van der Waals surface area contributed by atoms with E-state index in [1.54, 1.807) is 49.6 Å². The molecule has 6 heteroatoms. The third-order valence-corrected chi connectivity index (χ3v) is 5.19. The molecule has 4 rings (SSSR count). The molecule has 0 aromatic heterocycles. The zero-order chi connectivity index (χ0) is 21.3. The molecule has 0 bridgehead atoms. The molecule has 0 amide bonds. The number of carbonyl (C=O) groups is 2.